The third kappa shape index (κ3) is 10.1. The normalized spacial score (nSPS) is 28.6. The molecule has 2 saturated carbocycles. The molecule has 1 aromatic heterocycles. The minimum atomic E-state index is -4.20. The number of hydrogen-bond acceptors (Lipinski definition) is 12. The summed E-state index contributed by atoms with van der Waals surface area (Å²) in [6, 6.07) is 3.77. The Balaban J connectivity index is 1.25. The zero-order valence-electron chi connectivity index (χ0n) is 36.9. The van der Waals surface area contributed by atoms with Crippen LogP contribution in [0.15, 0.2) is 30.9 Å². The maximum absolute atomic E-state index is 14.8. The van der Waals surface area contributed by atoms with Crippen molar-refractivity contribution in [2.75, 3.05) is 60.1 Å². The summed E-state index contributed by atoms with van der Waals surface area (Å²) < 4.78 is 53.3. The second-order valence-corrected chi connectivity index (χ2v) is 20.6. The molecule has 17 nitrogen and oxygen atoms in total. The summed E-state index contributed by atoms with van der Waals surface area (Å²) in [5.74, 6) is -1.40. The Hall–Kier alpha value is -4.52. The molecule has 0 unspecified atom stereocenters. The largest absolute Gasteiger partial charge is 0.491 e. The van der Waals surface area contributed by atoms with Crippen LogP contribution in [0.25, 0.3) is 10.9 Å². The predicted octanol–water partition coefficient (Wildman–Crippen LogP) is 3.23. The molecule has 7 atom stereocenters. The van der Waals surface area contributed by atoms with Gasteiger partial charge in [0.05, 0.1) is 30.8 Å². The van der Waals surface area contributed by atoms with Gasteiger partial charge in [-0.3, -0.25) is 19.3 Å². The fourth-order valence-electron chi connectivity index (χ4n) is 8.77. The number of aromatic nitrogens is 1. The van der Waals surface area contributed by atoms with Crippen LogP contribution in [0, 0.1) is 24.2 Å². The number of morpholine rings is 1. The van der Waals surface area contributed by atoms with Crippen molar-refractivity contribution in [3.8, 4) is 11.6 Å². The van der Waals surface area contributed by atoms with E-state index in [1.807, 2.05) is 45.9 Å². The second kappa shape index (κ2) is 18.3. The maximum Gasteiger partial charge on any atom is 0.408 e. The zero-order valence-corrected chi connectivity index (χ0v) is 37.7. The molecule has 3 N–H and O–H groups in total. The number of carbonyl (C=O) groups excluding carboxylic acids is 4. The van der Waals surface area contributed by atoms with Gasteiger partial charge in [-0.1, -0.05) is 45.8 Å². The van der Waals surface area contributed by atoms with Gasteiger partial charge in [0.25, 0.3) is 5.91 Å². The van der Waals surface area contributed by atoms with E-state index in [0.29, 0.717) is 49.9 Å². The van der Waals surface area contributed by atoms with Gasteiger partial charge in [0.15, 0.2) is 0 Å². The van der Waals surface area contributed by atoms with Crippen molar-refractivity contribution >= 4 is 44.9 Å². The topological polar surface area (TPSA) is 198 Å². The van der Waals surface area contributed by atoms with Gasteiger partial charge in [0.2, 0.25) is 17.7 Å². The molecule has 0 radical (unpaired) electrons. The number of benzene rings is 1. The minimum absolute atomic E-state index is 0.00921. The zero-order chi connectivity index (χ0) is 44.6. The third-order valence-corrected chi connectivity index (χ3v) is 14.2. The first kappa shape index (κ1) is 45.5. The van der Waals surface area contributed by atoms with Gasteiger partial charge >= 0.3 is 16.3 Å². The Morgan fingerprint density at radius 1 is 1.11 bits per heavy atom. The number of nitrogens with zero attached hydrogens (tertiary/aromatic N) is 4. The summed E-state index contributed by atoms with van der Waals surface area (Å²) in [6.07, 6.45) is 4.86. The maximum atomic E-state index is 14.8. The highest BCUT2D eigenvalue weighted by Crippen LogP contribution is 2.46. The summed E-state index contributed by atoms with van der Waals surface area (Å²) in [7, 11) is -1.63. The van der Waals surface area contributed by atoms with Gasteiger partial charge in [-0.25, -0.2) is 14.5 Å². The summed E-state index contributed by atoms with van der Waals surface area (Å²) in [5.41, 5.74) is 0.0714. The van der Waals surface area contributed by atoms with Gasteiger partial charge < -0.3 is 34.5 Å². The van der Waals surface area contributed by atoms with Crippen LogP contribution in [0.2, 0.25) is 0 Å². The standard InChI is InChI=1S/C44H63N7O10S/c1-8-29-25-44(29,41(54)48-62(56,57)49(6)7)47-38(52)34-24-30-26-51(34)40(53)37(43(3,4)5)46-42(55)61-35-23-28(35)12-10-9-11-13-32-36(59-21-18-50-16-19-58-20-17-50)31-15-14-27(2)22-33(31)45-39(32)60-30/h8,14-15,22,28-30,34-35,37H,1,9-13,16-21,23-26H2,2-7H3,(H,46,55)(H,47,52)(H,48,54)/t28-,29+,30-,34+,35-,37-,44-/m1/s1. The van der Waals surface area contributed by atoms with Crippen LogP contribution in [0.4, 0.5) is 4.79 Å². The van der Waals surface area contributed by atoms with Gasteiger partial charge in [-0.15, -0.1) is 6.58 Å². The van der Waals surface area contributed by atoms with Crippen molar-refractivity contribution in [3.63, 3.8) is 0 Å². The fourth-order valence-corrected chi connectivity index (χ4v) is 9.37. The van der Waals surface area contributed by atoms with Crippen LogP contribution >= 0.6 is 0 Å². The van der Waals surface area contributed by atoms with E-state index in [1.165, 1.54) is 25.1 Å². The Morgan fingerprint density at radius 3 is 2.56 bits per heavy atom. The molecule has 5 aliphatic rings. The molecular formula is C44H63N7O10S. The van der Waals surface area contributed by atoms with Crippen LogP contribution in [0.5, 0.6) is 11.6 Å². The Morgan fingerprint density at radius 2 is 1.87 bits per heavy atom. The molecule has 0 spiro atoms. The number of nitrogens with one attached hydrogen (secondary N) is 3. The van der Waals surface area contributed by atoms with Crippen molar-refractivity contribution in [2.45, 2.75) is 109 Å². The van der Waals surface area contributed by atoms with E-state index >= 15 is 0 Å². The van der Waals surface area contributed by atoms with E-state index in [2.05, 4.69) is 26.8 Å². The van der Waals surface area contributed by atoms with E-state index in [0.717, 1.165) is 66.0 Å². The highest BCUT2D eigenvalue weighted by Gasteiger charge is 2.62. The highest BCUT2D eigenvalue weighted by atomic mass is 32.2. The molecule has 4 fully saturated rings. The molecule has 62 heavy (non-hydrogen) atoms. The molecule has 18 heteroatoms. The number of fused-ring (bicyclic) bond motifs is 5. The SMILES string of the molecule is C=C[C@H]1C[C@]1(NC(=O)[C@@H]1C[C@@H]2CN1C(=O)[C@H](C(C)(C)C)NC(=O)O[C@@H]1C[C@H]1CCCCCc1c(nc3cc(C)ccc3c1OCCN1CCOCC1)O2)C(=O)NS(=O)(=O)N(C)C. The van der Waals surface area contributed by atoms with Crippen molar-refractivity contribution < 1.29 is 46.5 Å². The van der Waals surface area contributed by atoms with Gasteiger partial charge in [-0.2, -0.15) is 12.7 Å². The summed E-state index contributed by atoms with van der Waals surface area (Å²) in [6.45, 7) is 15.4. The lowest BCUT2D eigenvalue weighted by Gasteiger charge is -2.35. The summed E-state index contributed by atoms with van der Waals surface area (Å²) in [4.78, 5) is 65.2. The second-order valence-electron chi connectivity index (χ2n) is 18.7. The Kier molecular flexibility index (Phi) is 13.4. The first-order chi connectivity index (χ1) is 29.4. The van der Waals surface area contributed by atoms with E-state index in [-0.39, 0.29) is 31.4 Å². The van der Waals surface area contributed by atoms with Crippen LogP contribution in [0.1, 0.15) is 76.8 Å². The van der Waals surface area contributed by atoms with Crippen molar-refractivity contribution in [1.29, 1.82) is 0 Å². The Bertz CT molecular complexity index is 2160. The van der Waals surface area contributed by atoms with Gasteiger partial charge in [0.1, 0.15) is 42.2 Å². The first-order valence-electron chi connectivity index (χ1n) is 21.9. The molecule has 2 saturated heterocycles. The van der Waals surface area contributed by atoms with E-state index < -0.39 is 69.1 Å². The molecule has 4 amide bonds. The number of aryl methyl sites for hydroxylation is 1. The number of alkyl carbamates (subject to hydrolysis) is 1. The molecule has 1 aromatic carbocycles. The molecule has 3 aliphatic heterocycles. The Labute approximate surface area is 364 Å². The van der Waals surface area contributed by atoms with E-state index in [4.69, 9.17) is 23.9 Å². The average molecular weight is 882 g/mol. The lowest BCUT2D eigenvalue weighted by Crippen LogP contribution is -2.60. The van der Waals surface area contributed by atoms with Gasteiger partial charge in [-0.05, 0) is 68.1 Å². The number of hydrogen-bond donors (Lipinski definition) is 3. The smallest absolute Gasteiger partial charge is 0.408 e. The predicted molar refractivity (Wildman–Crippen MR) is 231 cm³/mol. The highest BCUT2D eigenvalue weighted by molar-refractivity contribution is 7.87. The number of pyridine rings is 1. The van der Waals surface area contributed by atoms with Crippen LogP contribution in [0.3, 0.4) is 0 Å². The van der Waals surface area contributed by atoms with Crippen molar-refractivity contribution in [2.24, 2.45) is 17.3 Å². The minimum Gasteiger partial charge on any atom is -0.491 e. The van der Waals surface area contributed by atoms with Gasteiger partial charge in [0, 0.05) is 51.5 Å². The number of amides is 4. The fraction of sp³-hybridized carbons (Fsp3) is 0.659. The summed E-state index contributed by atoms with van der Waals surface area (Å²) >= 11 is 0. The molecule has 340 valence electrons. The average Bonchev–Trinajstić information content (AvgIpc) is 4.09. The summed E-state index contributed by atoms with van der Waals surface area (Å²) in [5, 5.41) is 6.51. The van der Waals surface area contributed by atoms with Crippen LogP contribution in [-0.2, 0) is 40.5 Å². The van der Waals surface area contributed by atoms with Crippen LogP contribution in [-0.4, -0.2) is 141 Å². The molecule has 2 aromatic rings. The lowest BCUT2D eigenvalue weighted by atomic mass is 9.85. The molecule has 2 bridgehead atoms. The van der Waals surface area contributed by atoms with E-state index in [9.17, 15) is 27.6 Å². The number of rotatable bonds is 10. The first-order valence-corrected chi connectivity index (χ1v) is 23.3. The molecule has 4 heterocycles. The monoisotopic (exact) mass is 881 g/mol. The van der Waals surface area contributed by atoms with Crippen molar-refractivity contribution in [3.05, 3.63) is 42.0 Å². The number of carbonyl (C=O) groups is 4. The number of ether oxygens (including phenoxy) is 4. The third-order valence-electron chi connectivity index (χ3n) is 12.8. The van der Waals surface area contributed by atoms with E-state index in [1.54, 1.807) is 0 Å². The molecule has 2 aliphatic carbocycles. The molecule has 7 rings (SSSR count). The molecular weight excluding hydrogens is 819 g/mol. The quantitative estimate of drug-likeness (QED) is 0.295. The lowest BCUT2D eigenvalue weighted by molar-refractivity contribution is -0.142. The van der Waals surface area contributed by atoms with Crippen molar-refractivity contribution in [1.82, 2.24) is 34.4 Å². The van der Waals surface area contributed by atoms with Crippen LogP contribution < -0.4 is 24.8 Å².